The standard InChI is InChI=1S/C11H21NO/c1-12-8-4-2-3-6-11-7-5-9-13-10-11/h2-3,11-12H,4-10H2,1H3/b3-2-. The van der Waals surface area contributed by atoms with E-state index in [0.29, 0.717) is 0 Å². The summed E-state index contributed by atoms with van der Waals surface area (Å²) in [6.45, 7) is 3.02. The summed E-state index contributed by atoms with van der Waals surface area (Å²) in [6.07, 6.45) is 9.50. The highest BCUT2D eigenvalue weighted by atomic mass is 16.5. The molecular weight excluding hydrogens is 162 g/mol. The summed E-state index contributed by atoms with van der Waals surface area (Å²) >= 11 is 0. The number of nitrogens with one attached hydrogen (secondary N) is 1. The third kappa shape index (κ3) is 5.06. The first-order chi connectivity index (χ1) is 6.43. The molecule has 1 aliphatic rings. The molecule has 1 aliphatic heterocycles. The summed E-state index contributed by atoms with van der Waals surface area (Å²) < 4.78 is 5.41. The minimum atomic E-state index is 0.777. The Hall–Kier alpha value is -0.340. The van der Waals surface area contributed by atoms with E-state index in [2.05, 4.69) is 17.5 Å². The highest BCUT2D eigenvalue weighted by molar-refractivity contribution is 4.85. The molecule has 1 saturated heterocycles. The van der Waals surface area contributed by atoms with Crippen LogP contribution in [-0.4, -0.2) is 26.8 Å². The Morgan fingerprint density at radius 1 is 1.46 bits per heavy atom. The van der Waals surface area contributed by atoms with Crippen LogP contribution in [0.2, 0.25) is 0 Å². The Morgan fingerprint density at radius 3 is 3.08 bits per heavy atom. The van der Waals surface area contributed by atoms with Crippen LogP contribution in [0.4, 0.5) is 0 Å². The average Bonchev–Trinajstić information content (AvgIpc) is 2.19. The lowest BCUT2D eigenvalue weighted by Gasteiger charge is -2.20. The first-order valence-electron chi connectivity index (χ1n) is 5.31. The molecule has 0 bridgehead atoms. The maximum Gasteiger partial charge on any atom is 0.0497 e. The molecule has 0 aliphatic carbocycles. The van der Waals surface area contributed by atoms with Crippen molar-refractivity contribution in [2.24, 2.45) is 5.92 Å². The zero-order valence-corrected chi connectivity index (χ0v) is 8.59. The summed E-state index contributed by atoms with van der Waals surface area (Å²) in [5.41, 5.74) is 0. The largest absolute Gasteiger partial charge is 0.381 e. The second kappa shape index (κ2) is 7.10. The van der Waals surface area contributed by atoms with Crippen molar-refractivity contribution in [2.75, 3.05) is 26.8 Å². The number of hydrogen-bond acceptors (Lipinski definition) is 2. The molecule has 2 nitrogen and oxygen atoms in total. The average molecular weight is 183 g/mol. The second-order valence-electron chi connectivity index (χ2n) is 3.68. The van der Waals surface area contributed by atoms with Gasteiger partial charge in [0.1, 0.15) is 0 Å². The minimum absolute atomic E-state index is 0.777. The van der Waals surface area contributed by atoms with Gasteiger partial charge in [-0.1, -0.05) is 12.2 Å². The first-order valence-corrected chi connectivity index (χ1v) is 5.31. The van der Waals surface area contributed by atoms with Crippen molar-refractivity contribution in [3.8, 4) is 0 Å². The van der Waals surface area contributed by atoms with Gasteiger partial charge in [0.25, 0.3) is 0 Å². The Kier molecular flexibility index (Phi) is 5.87. The van der Waals surface area contributed by atoms with Crippen LogP contribution in [-0.2, 0) is 4.74 Å². The van der Waals surface area contributed by atoms with Crippen LogP contribution >= 0.6 is 0 Å². The molecule has 1 heterocycles. The minimum Gasteiger partial charge on any atom is -0.381 e. The van der Waals surface area contributed by atoms with Crippen LogP contribution in [0.15, 0.2) is 12.2 Å². The molecule has 0 spiro atoms. The summed E-state index contributed by atoms with van der Waals surface area (Å²) in [6, 6.07) is 0. The van der Waals surface area contributed by atoms with Crippen molar-refractivity contribution in [2.45, 2.75) is 25.7 Å². The molecule has 0 amide bonds. The van der Waals surface area contributed by atoms with Gasteiger partial charge in [-0.05, 0) is 45.2 Å². The molecule has 0 aromatic rings. The van der Waals surface area contributed by atoms with Crippen molar-refractivity contribution < 1.29 is 4.74 Å². The van der Waals surface area contributed by atoms with E-state index in [1.807, 2.05) is 7.05 Å². The van der Waals surface area contributed by atoms with Gasteiger partial charge in [0, 0.05) is 13.2 Å². The molecule has 2 heteroatoms. The smallest absolute Gasteiger partial charge is 0.0497 e. The molecule has 13 heavy (non-hydrogen) atoms. The lowest BCUT2D eigenvalue weighted by Crippen LogP contribution is -2.16. The third-order valence-corrected chi connectivity index (χ3v) is 2.45. The van der Waals surface area contributed by atoms with Gasteiger partial charge in [-0.25, -0.2) is 0 Å². The van der Waals surface area contributed by atoms with Crippen LogP contribution in [0, 0.1) is 5.92 Å². The normalized spacial score (nSPS) is 23.9. The van der Waals surface area contributed by atoms with E-state index in [0.717, 1.165) is 32.1 Å². The Labute approximate surface area is 81.4 Å². The molecule has 0 saturated carbocycles. The van der Waals surface area contributed by atoms with Crippen LogP contribution in [0.1, 0.15) is 25.7 Å². The van der Waals surface area contributed by atoms with Gasteiger partial charge in [-0.2, -0.15) is 0 Å². The molecule has 1 rings (SSSR count). The maximum absolute atomic E-state index is 5.41. The summed E-state index contributed by atoms with van der Waals surface area (Å²) in [5.74, 6) is 0.777. The molecule has 0 aromatic carbocycles. The molecule has 1 atom stereocenters. The molecule has 0 radical (unpaired) electrons. The molecule has 1 fully saturated rings. The van der Waals surface area contributed by atoms with Crippen LogP contribution < -0.4 is 5.32 Å². The molecule has 0 aromatic heterocycles. The Morgan fingerprint density at radius 2 is 2.38 bits per heavy atom. The number of rotatable bonds is 5. The van der Waals surface area contributed by atoms with Crippen molar-refractivity contribution in [3.63, 3.8) is 0 Å². The molecular formula is C11H21NO. The zero-order chi connectivity index (χ0) is 9.36. The van der Waals surface area contributed by atoms with E-state index in [4.69, 9.17) is 4.74 Å². The maximum atomic E-state index is 5.41. The summed E-state index contributed by atoms with van der Waals surface area (Å²) in [4.78, 5) is 0. The van der Waals surface area contributed by atoms with Gasteiger partial charge in [-0.15, -0.1) is 0 Å². The number of hydrogen-bond donors (Lipinski definition) is 1. The van der Waals surface area contributed by atoms with E-state index in [-0.39, 0.29) is 0 Å². The number of allylic oxidation sites excluding steroid dienone is 1. The van der Waals surface area contributed by atoms with E-state index < -0.39 is 0 Å². The van der Waals surface area contributed by atoms with Crippen molar-refractivity contribution in [1.82, 2.24) is 5.32 Å². The van der Waals surface area contributed by atoms with E-state index in [9.17, 15) is 0 Å². The lowest BCUT2D eigenvalue weighted by molar-refractivity contribution is 0.0559. The van der Waals surface area contributed by atoms with Crippen molar-refractivity contribution in [1.29, 1.82) is 0 Å². The second-order valence-corrected chi connectivity index (χ2v) is 3.68. The Bertz CT molecular complexity index is 139. The van der Waals surface area contributed by atoms with E-state index in [1.165, 1.54) is 19.3 Å². The van der Waals surface area contributed by atoms with Crippen molar-refractivity contribution in [3.05, 3.63) is 12.2 Å². The fourth-order valence-corrected chi connectivity index (χ4v) is 1.63. The SMILES string of the molecule is CNCC/C=C\CC1CCCOC1. The highest BCUT2D eigenvalue weighted by Gasteiger charge is 2.11. The fraction of sp³-hybridized carbons (Fsp3) is 0.818. The summed E-state index contributed by atoms with van der Waals surface area (Å²) in [5, 5.41) is 3.13. The van der Waals surface area contributed by atoms with E-state index in [1.54, 1.807) is 0 Å². The van der Waals surface area contributed by atoms with Gasteiger partial charge in [0.05, 0.1) is 0 Å². The van der Waals surface area contributed by atoms with Gasteiger partial charge < -0.3 is 10.1 Å². The first kappa shape index (κ1) is 10.7. The van der Waals surface area contributed by atoms with Gasteiger partial charge in [0.15, 0.2) is 0 Å². The zero-order valence-electron chi connectivity index (χ0n) is 8.59. The summed E-state index contributed by atoms with van der Waals surface area (Å²) in [7, 11) is 1.99. The topological polar surface area (TPSA) is 21.3 Å². The van der Waals surface area contributed by atoms with Crippen LogP contribution in [0.3, 0.4) is 0 Å². The molecule has 76 valence electrons. The predicted octanol–water partition coefficient (Wildman–Crippen LogP) is 1.97. The predicted molar refractivity (Wildman–Crippen MR) is 55.8 cm³/mol. The van der Waals surface area contributed by atoms with Crippen molar-refractivity contribution >= 4 is 0 Å². The van der Waals surface area contributed by atoms with E-state index >= 15 is 0 Å². The van der Waals surface area contributed by atoms with Crippen LogP contribution in [0.25, 0.3) is 0 Å². The van der Waals surface area contributed by atoms with Gasteiger partial charge in [0.2, 0.25) is 0 Å². The fourth-order valence-electron chi connectivity index (χ4n) is 1.63. The van der Waals surface area contributed by atoms with Gasteiger partial charge >= 0.3 is 0 Å². The number of ether oxygens (including phenoxy) is 1. The lowest BCUT2D eigenvalue weighted by atomic mass is 9.98. The monoisotopic (exact) mass is 183 g/mol. The Balaban J connectivity index is 2.00. The third-order valence-electron chi connectivity index (χ3n) is 2.45. The molecule has 1 N–H and O–H groups in total. The quantitative estimate of drug-likeness (QED) is 0.520. The highest BCUT2D eigenvalue weighted by Crippen LogP contribution is 2.17. The van der Waals surface area contributed by atoms with Gasteiger partial charge in [-0.3, -0.25) is 0 Å². The van der Waals surface area contributed by atoms with Crippen LogP contribution in [0.5, 0.6) is 0 Å². The molecule has 1 unspecified atom stereocenters.